The third kappa shape index (κ3) is 3.37. The summed E-state index contributed by atoms with van der Waals surface area (Å²) in [6, 6.07) is -4.17. The van der Waals surface area contributed by atoms with Gasteiger partial charge in [-0.1, -0.05) is 6.07 Å². The van der Waals surface area contributed by atoms with Gasteiger partial charge >= 0.3 is 0 Å². The van der Waals surface area contributed by atoms with Crippen LogP contribution in [0.15, 0.2) is 32.9 Å². The first kappa shape index (κ1) is 17.9. The summed E-state index contributed by atoms with van der Waals surface area (Å²) in [4.78, 5) is -3.91. The summed E-state index contributed by atoms with van der Waals surface area (Å²) in [6.07, 6.45) is 0. The molecule has 0 aromatic heterocycles. The highest BCUT2D eigenvalue weighted by Crippen LogP contribution is 2.31. The maximum atomic E-state index is 12.6. The van der Waals surface area contributed by atoms with Crippen LogP contribution in [-0.2, 0) is 29.5 Å². The summed E-state index contributed by atoms with van der Waals surface area (Å²) in [5.41, 5.74) is 0. The Kier molecular flexibility index (Phi) is 5.05. The van der Waals surface area contributed by atoms with Gasteiger partial charge in [-0.3, -0.25) is 0 Å². The van der Waals surface area contributed by atoms with Crippen molar-refractivity contribution >= 4 is 29.5 Å². The Morgan fingerprint density at radius 1 is 0.667 bits per heavy atom. The van der Waals surface area contributed by atoms with Crippen molar-refractivity contribution in [2.75, 3.05) is 18.0 Å². The van der Waals surface area contributed by atoms with E-state index in [-0.39, 0.29) is 0 Å². The van der Waals surface area contributed by atoms with Crippen LogP contribution in [0, 0.1) is 0 Å². The molecule has 1 aromatic carbocycles. The van der Waals surface area contributed by atoms with Crippen molar-refractivity contribution < 1.29 is 38.4 Å². The maximum Gasteiger partial charge on any atom is 0.210 e. The van der Waals surface area contributed by atoms with Gasteiger partial charge in [0.05, 0.1) is 9.79 Å². The Balaban J connectivity index is 4.02. The van der Waals surface area contributed by atoms with Gasteiger partial charge < -0.3 is 0 Å². The minimum atomic E-state index is -5.00. The van der Waals surface area contributed by atoms with Crippen LogP contribution in [0.4, 0.5) is 13.2 Å². The first-order chi connectivity index (χ1) is 9.53. The molecule has 0 atom stereocenters. The van der Waals surface area contributed by atoms with Gasteiger partial charge in [0, 0.05) is 0 Å². The third-order valence-corrected chi connectivity index (χ3v) is 6.56. The van der Waals surface area contributed by atoms with Crippen LogP contribution >= 0.6 is 0 Å². The molecule has 0 aliphatic carbocycles. The smallest absolute Gasteiger partial charge is 0.210 e. The Labute approximate surface area is 119 Å². The summed E-state index contributed by atoms with van der Waals surface area (Å²) in [6.45, 7) is 0. The van der Waals surface area contributed by atoms with Gasteiger partial charge in [0.2, 0.25) is 29.5 Å². The molecule has 0 bridgehead atoms. The number of hydrogen-bond acceptors (Lipinski definition) is 6. The molecule has 6 nitrogen and oxygen atoms in total. The quantitative estimate of drug-likeness (QED) is 0.737. The summed E-state index contributed by atoms with van der Waals surface area (Å²) >= 11 is 0. The van der Waals surface area contributed by atoms with Gasteiger partial charge in [-0.25, -0.2) is 38.4 Å². The van der Waals surface area contributed by atoms with E-state index in [1.807, 2.05) is 0 Å². The minimum Gasteiger partial charge on any atom is -0.233 e. The van der Waals surface area contributed by atoms with Crippen LogP contribution in [0.5, 0.6) is 0 Å². The van der Waals surface area contributed by atoms with Crippen LogP contribution in [0.3, 0.4) is 0 Å². The highest BCUT2D eigenvalue weighted by atomic mass is 32.2. The molecule has 12 heteroatoms. The zero-order chi connectivity index (χ0) is 16.5. The second-order valence-corrected chi connectivity index (χ2v) is 9.39. The standard InChI is InChI=1S/C9H9F3O6S3/c10-4-19(13,14)7-2-1-3-8(20(15,16)5-11)9(7)21(17,18)6-12/h1-3H,4-6H2. The topological polar surface area (TPSA) is 102 Å². The molecule has 0 aliphatic heterocycles. The van der Waals surface area contributed by atoms with Gasteiger partial charge in [0.15, 0.2) is 18.0 Å². The molecule has 0 saturated carbocycles. The predicted octanol–water partition coefficient (Wildman–Crippen LogP) is 0.789. The SMILES string of the molecule is O=S(=O)(CF)c1cccc(S(=O)(=O)CF)c1S(=O)(=O)CF. The van der Waals surface area contributed by atoms with Crippen LogP contribution in [0.1, 0.15) is 0 Å². The number of alkyl halides is 3. The number of rotatable bonds is 6. The van der Waals surface area contributed by atoms with Crippen LogP contribution in [-0.4, -0.2) is 43.3 Å². The van der Waals surface area contributed by atoms with Gasteiger partial charge in [-0.15, -0.1) is 0 Å². The summed E-state index contributed by atoms with van der Waals surface area (Å²) in [5, 5.41) is 0. The summed E-state index contributed by atoms with van der Waals surface area (Å²) in [5.74, 6) is 0. The van der Waals surface area contributed by atoms with E-state index in [4.69, 9.17) is 0 Å². The zero-order valence-electron chi connectivity index (χ0n) is 10.2. The van der Waals surface area contributed by atoms with Gasteiger partial charge in [0.1, 0.15) is 4.90 Å². The third-order valence-electron chi connectivity index (χ3n) is 2.35. The molecule has 0 saturated heterocycles. The maximum absolute atomic E-state index is 12.6. The molecule has 0 spiro atoms. The van der Waals surface area contributed by atoms with E-state index in [1.54, 1.807) is 0 Å². The van der Waals surface area contributed by atoms with E-state index >= 15 is 0 Å². The monoisotopic (exact) mass is 366 g/mol. The van der Waals surface area contributed by atoms with Crippen molar-refractivity contribution in [3.8, 4) is 0 Å². The average Bonchev–Trinajstić information content (AvgIpc) is 2.46. The molecule has 1 rings (SSSR count). The molecular formula is C9H9F3O6S3. The molecule has 0 fully saturated rings. The molecule has 120 valence electrons. The lowest BCUT2D eigenvalue weighted by Gasteiger charge is -2.12. The Hall–Kier alpha value is -1.14. The second-order valence-electron chi connectivity index (χ2n) is 3.75. The Bertz CT molecular complexity index is 790. The van der Waals surface area contributed by atoms with E-state index in [0.717, 1.165) is 6.07 Å². The first-order valence-electron chi connectivity index (χ1n) is 5.02. The molecule has 1 aromatic rings. The molecule has 0 N–H and O–H groups in total. The normalized spacial score (nSPS) is 13.3. The van der Waals surface area contributed by atoms with Crippen LogP contribution in [0.25, 0.3) is 0 Å². The molecule has 0 heterocycles. The molecule has 0 unspecified atom stereocenters. The van der Waals surface area contributed by atoms with E-state index in [9.17, 15) is 38.4 Å². The molecule has 21 heavy (non-hydrogen) atoms. The van der Waals surface area contributed by atoms with E-state index in [2.05, 4.69) is 0 Å². The van der Waals surface area contributed by atoms with Crippen molar-refractivity contribution in [2.45, 2.75) is 14.7 Å². The van der Waals surface area contributed by atoms with Crippen molar-refractivity contribution in [1.29, 1.82) is 0 Å². The zero-order valence-corrected chi connectivity index (χ0v) is 12.6. The lowest BCUT2D eigenvalue weighted by Crippen LogP contribution is -2.17. The van der Waals surface area contributed by atoms with E-state index < -0.39 is 62.2 Å². The van der Waals surface area contributed by atoms with Gasteiger partial charge in [0.25, 0.3) is 0 Å². The van der Waals surface area contributed by atoms with E-state index in [1.165, 1.54) is 0 Å². The summed E-state index contributed by atoms with van der Waals surface area (Å²) in [7, 11) is -14.6. The van der Waals surface area contributed by atoms with Crippen molar-refractivity contribution in [2.24, 2.45) is 0 Å². The Morgan fingerprint density at radius 3 is 1.29 bits per heavy atom. The molecule has 0 amide bonds. The van der Waals surface area contributed by atoms with Crippen molar-refractivity contribution in [3.05, 3.63) is 18.2 Å². The number of halogens is 3. The first-order valence-corrected chi connectivity index (χ1v) is 9.98. The number of sulfone groups is 3. The van der Waals surface area contributed by atoms with Crippen LogP contribution < -0.4 is 0 Å². The second kappa shape index (κ2) is 5.93. The van der Waals surface area contributed by atoms with Gasteiger partial charge in [-0.2, -0.15) is 0 Å². The summed E-state index contributed by atoms with van der Waals surface area (Å²) < 4.78 is 107. The molecular weight excluding hydrogens is 357 g/mol. The number of benzene rings is 1. The van der Waals surface area contributed by atoms with Crippen molar-refractivity contribution in [1.82, 2.24) is 0 Å². The largest absolute Gasteiger partial charge is 0.233 e. The van der Waals surface area contributed by atoms with E-state index in [0.29, 0.717) is 12.1 Å². The molecule has 0 radical (unpaired) electrons. The fourth-order valence-electron chi connectivity index (χ4n) is 1.46. The van der Waals surface area contributed by atoms with Crippen molar-refractivity contribution in [3.63, 3.8) is 0 Å². The fraction of sp³-hybridized carbons (Fsp3) is 0.333. The average molecular weight is 366 g/mol. The highest BCUT2D eigenvalue weighted by molar-refractivity contribution is 7.96. The highest BCUT2D eigenvalue weighted by Gasteiger charge is 2.34. The lowest BCUT2D eigenvalue weighted by molar-refractivity contribution is 0.517. The van der Waals surface area contributed by atoms with Gasteiger partial charge in [-0.05, 0) is 12.1 Å². The number of hydrogen-bond donors (Lipinski definition) is 0. The Morgan fingerprint density at radius 2 is 1.00 bits per heavy atom. The fourth-order valence-corrected chi connectivity index (χ4v) is 5.50. The predicted molar refractivity (Wildman–Crippen MR) is 65.9 cm³/mol. The minimum absolute atomic E-state index is 0.606. The molecule has 0 aliphatic rings. The lowest BCUT2D eigenvalue weighted by atomic mass is 10.4. The van der Waals surface area contributed by atoms with Crippen LogP contribution in [0.2, 0.25) is 0 Å².